The smallest absolute Gasteiger partial charge is 0.409 e. The lowest BCUT2D eigenvalue weighted by atomic mass is 10.1. The van der Waals surface area contributed by atoms with Crippen LogP contribution in [-0.2, 0) is 14.8 Å². The molecule has 160 valence electrons. The van der Waals surface area contributed by atoms with Crippen LogP contribution >= 0.6 is 0 Å². The summed E-state index contributed by atoms with van der Waals surface area (Å²) in [6, 6.07) is 12.1. The molecule has 1 aliphatic rings. The number of rotatable bonds is 6. The first-order valence-corrected chi connectivity index (χ1v) is 10.9. The predicted octanol–water partition coefficient (Wildman–Crippen LogP) is 2.46. The normalized spacial score (nSPS) is 14.3. The van der Waals surface area contributed by atoms with E-state index >= 15 is 0 Å². The molecule has 2 aromatic carbocycles. The van der Waals surface area contributed by atoms with Crippen LogP contribution in [0.3, 0.4) is 0 Å². The van der Waals surface area contributed by atoms with Crippen LogP contribution in [0.2, 0.25) is 0 Å². The highest BCUT2D eigenvalue weighted by atomic mass is 32.2. The van der Waals surface area contributed by atoms with Gasteiger partial charge in [-0.05, 0) is 37.3 Å². The number of carboxylic acid groups (broad SMARTS) is 1. The van der Waals surface area contributed by atoms with Gasteiger partial charge in [-0.3, -0.25) is 4.72 Å². The molecule has 3 rings (SSSR count). The molecular weight excluding hydrogens is 410 g/mol. The molecule has 0 atom stereocenters. The van der Waals surface area contributed by atoms with Crippen molar-refractivity contribution in [2.24, 2.45) is 0 Å². The zero-order valence-electron chi connectivity index (χ0n) is 16.4. The summed E-state index contributed by atoms with van der Waals surface area (Å²) in [7, 11) is -3.90. The summed E-state index contributed by atoms with van der Waals surface area (Å²) in [6.07, 6.45) is -0.386. The van der Waals surface area contributed by atoms with E-state index in [0.717, 1.165) is 0 Å². The van der Waals surface area contributed by atoms with Gasteiger partial charge in [0.1, 0.15) is 0 Å². The maximum atomic E-state index is 12.8. The molecule has 1 saturated heterocycles. The Morgan fingerprint density at radius 2 is 1.73 bits per heavy atom. The zero-order valence-corrected chi connectivity index (χ0v) is 17.3. The summed E-state index contributed by atoms with van der Waals surface area (Å²) in [5.74, 6) is -1.16. The quantitative estimate of drug-likeness (QED) is 0.719. The number of benzene rings is 2. The first kappa shape index (κ1) is 21.4. The van der Waals surface area contributed by atoms with E-state index in [9.17, 15) is 23.1 Å². The van der Waals surface area contributed by atoms with Gasteiger partial charge in [0.05, 0.1) is 28.4 Å². The zero-order chi connectivity index (χ0) is 21.7. The van der Waals surface area contributed by atoms with E-state index in [0.29, 0.717) is 38.5 Å². The molecule has 1 aliphatic heterocycles. The van der Waals surface area contributed by atoms with E-state index in [1.165, 1.54) is 24.3 Å². The van der Waals surface area contributed by atoms with Crippen LogP contribution in [0.1, 0.15) is 17.3 Å². The molecule has 2 aromatic rings. The van der Waals surface area contributed by atoms with Crippen LogP contribution in [0, 0.1) is 0 Å². The molecule has 0 aliphatic carbocycles. The van der Waals surface area contributed by atoms with Crippen molar-refractivity contribution in [3.63, 3.8) is 0 Å². The molecule has 1 heterocycles. The van der Waals surface area contributed by atoms with Crippen LogP contribution in [0.25, 0.3) is 0 Å². The Kier molecular flexibility index (Phi) is 6.46. The molecule has 30 heavy (non-hydrogen) atoms. The average Bonchev–Trinajstić information content (AvgIpc) is 2.74. The summed E-state index contributed by atoms with van der Waals surface area (Å²) in [5, 5.41) is 9.32. The molecule has 0 radical (unpaired) electrons. The minimum absolute atomic E-state index is 0.0327. The third-order valence-corrected chi connectivity index (χ3v) is 6.07. The second kappa shape index (κ2) is 9.04. The number of carboxylic acids is 1. The lowest BCUT2D eigenvalue weighted by molar-refractivity contribution is 0.0696. The Hall–Kier alpha value is -3.27. The number of anilines is 2. The number of amides is 1. The number of nitrogens with zero attached hydrogens (tertiary/aromatic N) is 2. The van der Waals surface area contributed by atoms with E-state index in [2.05, 4.69) is 4.72 Å². The van der Waals surface area contributed by atoms with E-state index in [-0.39, 0.29) is 22.2 Å². The Labute approximate surface area is 174 Å². The van der Waals surface area contributed by atoms with Gasteiger partial charge in [0.15, 0.2) is 0 Å². The molecular formula is C20H23N3O6S. The number of ether oxygens (including phenoxy) is 1. The van der Waals surface area contributed by atoms with Gasteiger partial charge in [0.2, 0.25) is 0 Å². The van der Waals surface area contributed by atoms with Gasteiger partial charge in [0.25, 0.3) is 10.0 Å². The highest BCUT2D eigenvalue weighted by molar-refractivity contribution is 7.92. The van der Waals surface area contributed by atoms with Gasteiger partial charge in [-0.2, -0.15) is 0 Å². The Balaban J connectivity index is 1.87. The minimum atomic E-state index is -3.90. The van der Waals surface area contributed by atoms with Gasteiger partial charge >= 0.3 is 12.1 Å². The number of hydrogen-bond acceptors (Lipinski definition) is 6. The fourth-order valence-corrected chi connectivity index (χ4v) is 4.26. The Bertz CT molecular complexity index is 1020. The number of nitrogens with one attached hydrogen (secondary N) is 1. The van der Waals surface area contributed by atoms with Gasteiger partial charge in [0, 0.05) is 26.2 Å². The average molecular weight is 433 g/mol. The predicted molar refractivity (Wildman–Crippen MR) is 111 cm³/mol. The summed E-state index contributed by atoms with van der Waals surface area (Å²) in [6.45, 7) is 3.75. The SMILES string of the molecule is CCOC(=O)N1CCN(c2ccc(C(=O)O)cc2NS(=O)(=O)c2ccccc2)CC1. The molecule has 10 heteroatoms. The fourth-order valence-electron chi connectivity index (χ4n) is 3.17. The van der Waals surface area contributed by atoms with E-state index in [1.54, 1.807) is 36.1 Å². The molecule has 9 nitrogen and oxygen atoms in total. The summed E-state index contributed by atoms with van der Waals surface area (Å²) in [4.78, 5) is 26.9. The first-order valence-electron chi connectivity index (χ1n) is 9.43. The van der Waals surface area contributed by atoms with Gasteiger partial charge < -0.3 is 19.6 Å². The largest absolute Gasteiger partial charge is 0.478 e. The number of carbonyl (C=O) groups is 2. The van der Waals surface area contributed by atoms with Crippen molar-refractivity contribution in [2.45, 2.75) is 11.8 Å². The summed E-state index contributed by atoms with van der Waals surface area (Å²) >= 11 is 0. The van der Waals surface area contributed by atoms with Crippen LogP contribution in [0.4, 0.5) is 16.2 Å². The highest BCUT2D eigenvalue weighted by Crippen LogP contribution is 2.30. The summed E-state index contributed by atoms with van der Waals surface area (Å²) in [5.41, 5.74) is 0.682. The first-order chi connectivity index (χ1) is 14.3. The number of piperazine rings is 1. The third kappa shape index (κ3) is 4.82. The molecule has 0 aromatic heterocycles. The van der Waals surface area contributed by atoms with Crippen molar-refractivity contribution in [3.8, 4) is 0 Å². The van der Waals surface area contributed by atoms with Crippen molar-refractivity contribution in [2.75, 3.05) is 42.4 Å². The lowest BCUT2D eigenvalue weighted by Crippen LogP contribution is -2.49. The van der Waals surface area contributed by atoms with Crippen molar-refractivity contribution < 1.29 is 27.9 Å². The second-order valence-corrected chi connectivity index (χ2v) is 8.31. The van der Waals surface area contributed by atoms with Crippen molar-refractivity contribution in [1.29, 1.82) is 0 Å². The van der Waals surface area contributed by atoms with Crippen LogP contribution in [0.15, 0.2) is 53.4 Å². The second-order valence-electron chi connectivity index (χ2n) is 6.63. The molecule has 0 bridgehead atoms. The fraction of sp³-hybridized carbons (Fsp3) is 0.300. The molecule has 1 fully saturated rings. The number of carbonyl (C=O) groups excluding carboxylic acids is 1. The van der Waals surface area contributed by atoms with E-state index < -0.39 is 16.0 Å². The van der Waals surface area contributed by atoms with Crippen molar-refractivity contribution in [3.05, 3.63) is 54.1 Å². The van der Waals surface area contributed by atoms with Crippen LogP contribution < -0.4 is 9.62 Å². The standard InChI is InChI=1S/C20H23N3O6S/c1-2-29-20(26)23-12-10-22(11-13-23)18-9-8-15(19(24)25)14-17(18)21-30(27,28)16-6-4-3-5-7-16/h3-9,14,21H,2,10-13H2,1H3,(H,24,25). The van der Waals surface area contributed by atoms with Gasteiger partial charge in [-0.15, -0.1) is 0 Å². The van der Waals surface area contributed by atoms with Crippen molar-refractivity contribution >= 4 is 33.5 Å². The maximum Gasteiger partial charge on any atom is 0.409 e. The van der Waals surface area contributed by atoms with Crippen LogP contribution in [-0.4, -0.2) is 63.3 Å². The van der Waals surface area contributed by atoms with Gasteiger partial charge in [-0.1, -0.05) is 18.2 Å². The van der Waals surface area contributed by atoms with Crippen molar-refractivity contribution in [1.82, 2.24) is 4.90 Å². The molecule has 1 amide bonds. The summed E-state index contributed by atoms with van der Waals surface area (Å²) < 4.78 is 33.1. The Morgan fingerprint density at radius 3 is 2.33 bits per heavy atom. The van der Waals surface area contributed by atoms with Gasteiger partial charge in [-0.25, -0.2) is 18.0 Å². The monoisotopic (exact) mass is 433 g/mol. The lowest BCUT2D eigenvalue weighted by Gasteiger charge is -2.36. The molecule has 0 unspecified atom stereocenters. The van der Waals surface area contributed by atoms with E-state index in [1.807, 2.05) is 4.90 Å². The topological polar surface area (TPSA) is 116 Å². The number of sulfonamides is 1. The molecule has 0 saturated carbocycles. The van der Waals surface area contributed by atoms with E-state index in [4.69, 9.17) is 4.74 Å². The highest BCUT2D eigenvalue weighted by Gasteiger charge is 2.25. The molecule has 2 N–H and O–H groups in total. The third-order valence-electron chi connectivity index (χ3n) is 4.69. The molecule has 0 spiro atoms. The minimum Gasteiger partial charge on any atom is -0.478 e. The maximum absolute atomic E-state index is 12.8. The Morgan fingerprint density at radius 1 is 1.07 bits per heavy atom. The van der Waals surface area contributed by atoms with Crippen LogP contribution in [0.5, 0.6) is 0 Å². The number of aromatic carboxylic acids is 1. The number of hydrogen-bond donors (Lipinski definition) is 2.